The maximum atomic E-state index is 13.4. The Kier molecular flexibility index (Phi) is 5.85. The first kappa shape index (κ1) is 18.4. The molecule has 0 spiro atoms. The Bertz CT molecular complexity index is 722. The van der Waals surface area contributed by atoms with Gasteiger partial charge in [-0.05, 0) is 23.3 Å². The van der Waals surface area contributed by atoms with E-state index in [0.29, 0.717) is 19.7 Å². The summed E-state index contributed by atoms with van der Waals surface area (Å²) in [5.74, 6) is -0.304. The van der Waals surface area contributed by atoms with Crippen molar-refractivity contribution < 1.29 is 18.7 Å². The van der Waals surface area contributed by atoms with Crippen LogP contribution in [-0.4, -0.2) is 49.4 Å². The molecule has 0 aliphatic carbocycles. The number of morpholine rings is 1. The second-order valence-electron chi connectivity index (χ2n) is 6.47. The molecule has 0 unspecified atom stereocenters. The second-order valence-corrected chi connectivity index (χ2v) is 6.47. The van der Waals surface area contributed by atoms with Crippen LogP contribution in [-0.2, 0) is 16.0 Å². The molecule has 1 amide bonds. The van der Waals surface area contributed by atoms with Crippen molar-refractivity contribution >= 4 is 6.09 Å². The average Bonchev–Trinajstić information content (AvgIpc) is 2.64. The van der Waals surface area contributed by atoms with Crippen molar-refractivity contribution in [2.24, 2.45) is 0 Å². The van der Waals surface area contributed by atoms with E-state index in [4.69, 9.17) is 9.47 Å². The molecule has 0 N–H and O–H groups in total. The van der Waals surface area contributed by atoms with Crippen molar-refractivity contribution in [3.63, 3.8) is 0 Å². The van der Waals surface area contributed by atoms with Gasteiger partial charge in [0.25, 0.3) is 0 Å². The minimum Gasteiger partial charge on any atom is -0.417 e. The van der Waals surface area contributed by atoms with E-state index in [2.05, 4.69) is 17.0 Å². The Balaban J connectivity index is 1.88. The van der Waals surface area contributed by atoms with Gasteiger partial charge in [0.1, 0.15) is 5.82 Å². The Morgan fingerprint density at radius 1 is 1.19 bits per heavy atom. The van der Waals surface area contributed by atoms with Crippen LogP contribution in [0.2, 0.25) is 0 Å². The number of rotatable bonds is 4. The molecule has 0 aromatic heterocycles. The van der Waals surface area contributed by atoms with E-state index in [1.807, 2.05) is 18.2 Å². The maximum Gasteiger partial charge on any atom is 0.411 e. The molecule has 1 aliphatic heterocycles. The van der Waals surface area contributed by atoms with E-state index in [0.717, 1.165) is 11.1 Å². The predicted octanol–water partition coefficient (Wildman–Crippen LogP) is 3.42. The zero-order chi connectivity index (χ0) is 18.5. The highest BCUT2D eigenvalue weighted by Crippen LogP contribution is 2.32. The van der Waals surface area contributed by atoms with Crippen LogP contribution in [0.25, 0.3) is 0 Å². The topological polar surface area (TPSA) is 42.0 Å². The Morgan fingerprint density at radius 3 is 2.54 bits per heavy atom. The Labute approximate surface area is 152 Å². The van der Waals surface area contributed by atoms with Gasteiger partial charge in [0.05, 0.1) is 12.6 Å². The molecule has 6 heteroatoms. The van der Waals surface area contributed by atoms with Gasteiger partial charge in [-0.1, -0.05) is 42.5 Å². The van der Waals surface area contributed by atoms with Crippen molar-refractivity contribution in [2.45, 2.75) is 18.9 Å². The van der Waals surface area contributed by atoms with Gasteiger partial charge in [-0.3, -0.25) is 4.90 Å². The number of nitrogens with zero attached hydrogens (tertiary/aromatic N) is 2. The molecule has 1 heterocycles. The molecule has 3 rings (SSSR count). The third kappa shape index (κ3) is 4.39. The van der Waals surface area contributed by atoms with E-state index < -0.39 is 12.4 Å². The summed E-state index contributed by atoms with van der Waals surface area (Å²) in [5, 5.41) is 0. The van der Waals surface area contributed by atoms with Crippen LogP contribution in [0.15, 0.2) is 54.6 Å². The third-order valence-corrected chi connectivity index (χ3v) is 4.33. The lowest BCUT2D eigenvalue weighted by Crippen LogP contribution is -2.47. The van der Waals surface area contributed by atoms with Crippen molar-refractivity contribution in [1.82, 2.24) is 9.80 Å². The summed E-state index contributed by atoms with van der Waals surface area (Å²) in [6.45, 7) is 1.82. The molecule has 1 aliphatic rings. The fourth-order valence-electron chi connectivity index (χ4n) is 3.01. The van der Waals surface area contributed by atoms with Gasteiger partial charge in [0.15, 0.2) is 0 Å². The maximum absolute atomic E-state index is 13.4. The van der Waals surface area contributed by atoms with Crippen LogP contribution in [0.1, 0.15) is 17.2 Å². The lowest BCUT2D eigenvalue weighted by molar-refractivity contribution is -0.187. The summed E-state index contributed by atoms with van der Waals surface area (Å²) in [4.78, 5) is 15.6. The number of hydrogen-bond donors (Lipinski definition) is 0. The molecular weight excluding hydrogens is 335 g/mol. The van der Waals surface area contributed by atoms with Crippen LogP contribution in [0.5, 0.6) is 0 Å². The molecule has 138 valence electrons. The number of carbonyl (C=O) groups is 1. The molecule has 26 heavy (non-hydrogen) atoms. The fourth-order valence-corrected chi connectivity index (χ4v) is 3.01. The van der Waals surface area contributed by atoms with Crippen molar-refractivity contribution in [3.8, 4) is 0 Å². The minimum atomic E-state index is -0.757. The molecule has 5 nitrogen and oxygen atoms in total. The number of halogens is 1. The fraction of sp³-hybridized carbons (Fsp3) is 0.350. The van der Waals surface area contributed by atoms with Gasteiger partial charge >= 0.3 is 6.09 Å². The van der Waals surface area contributed by atoms with Gasteiger partial charge in [0, 0.05) is 27.2 Å². The molecular formula is C20H23FN2O3. The largest absolute Gasteiger partial charge is 0.417 e. The standard InChI is InChI=1S/C20H23FN2O3/c1-22(2)20(24)26-19-18(16-8-10-17(21)11-9-16)23(12-13-25-19)14-15-6-4-3-5-7-15/h3-11,18-19H,12-14H2,1-2H3/t18-,19-/m0/s1. The molecule has 1 saturated heterocycles. The lowest BCUT2D eigenvalue weighted by atomic mass is 10.0. The molecule has 0 radical (unpaired) electrons. The number of hydrogen-bond acceptors (Lipinski definition) is 4. The number of benzene rings is 2. The number of carbonyl (C=O) groups excluding carboxylic acids is 1. The van der Waals surface area contributed by atoms with Gasteiger partial charge in [-0.25, -0.2) is 9.18 Å². The van der Waals surface area contributed by atoms with E-state index in [-0.39, 0.29) is 11.9 Å². The molecule has 2 aromatic rings. The molecule has 0 bridgehead atoms. The molecule has 2 atom stereocenters. The first-order chi connectivity index (χ1) is 12.5. The van der Waals surface area contributed by atoms with Crippen LogP contribution >= 0.6 is 0 Å². The highest BCUT2D eigenvalue weighted by atomic mass is 19.1. The summed E-state index contributed by atoms with van der Waals surface area (Å²) in [7, 11) is 3.25. The average molecular weight is 358 g/mol. The molecule has 2 aromatic carbocycles. The van der Waals surface area contributed by atoms with E-state index >= 15 is 0 Å². The van der Waals surface area contributed by atoms with Crippen LogP contribution in [0.4, 0.5) is 9.18 Å². The summed E-state index contributed by atoms with van der Waals surface area (Å²) in [6.07, 6.45) is -1.23. The third-order valence-electron chi connectivity index (χ3n) is 4.33. The smallest absolute Gasteiger partial charge is 0.411 e. The van der Waals surface area contributed by atoms with Crippen LogP contribution in [0, 0.1) is 5.82 Å². The second kappa shape index (κ2) is 8.29. The summed E-state index contributed by atoms with van der Waals surface area (Å²) in [5.41, 5.74) is 2.00. The van der Waals surface area contributed by atoms with Gasteiger partial charge < -0.3 is 14.4 Å². The normalized spacial score (nSPS) is 20.6. The van der Waals surface area contributed by atoms with E-state index in [1.165, 1.54) is 17.0 Å². The number of ether oxygens (including phenoxy) is 2. The molecule has 1 fully saturated rings. The van der Waals surface area contributed by atoms with Gasteiger partial charge in [0.2, 0.25) is 6.29 Å². The highest BCUT2D eigenvalue weighted by Gasteiger charge is 2.36. The highest BCUT2D eigenvalue weighted by molar-refractivity contribution is 5.67. The Hall–Kier alpha value is -2.44. The van der Waals surface area contributed by atoms with Crippen molar-refractivity contribution in [1.29, 1.82) is 0 Å². The summed E-state index contributed by atoms with van der Waals surface area (Å²) < 4.78 is 24.7. The SMILES string of the molecule is CN(C)C(=O)O[C@@H]1OCCN(Cc2ccccc2)[C@H]1c1ccc(F)cc1. The minimum absolute atomic E-state index is 0.304. The predicted molar refractivity (Wildman–Crippen MR) is 95.9 cm³/mol. The zero-order valence-electron chi connectivity index (χ0n) is 15.0. The number of amides is 1. The first-order valence-corrected chi connectivity index (χ1v) is 8.57. The van der Waals surface area contributed by atoms with Gasteiger partial charge in [-0.2, -0.15) is 0 Å². The van der Waals surface area contributed by atoms with Crippen molar-refractivity contribution in [3.05, 3.63) is 71.5 Å². The monoisotopic (exact) mass is 358 g/mol. The lowest BCUT2D eigenvalue weighted by Gasteiger charge is -2.40. The van der Waals surface area contributed by atoms with E-state index in [1.54, 1.807) is 26.2 Å². The zero-order valence-corrected chi connectivity index (χ0v) is 15.0. The first-order valence-electron chi connectivity index (χ1n) is 8.57. The summed E-state index contributed by atoms with van der Waals surface area (Å²) >= 11 is 0. The Morgan fingerprint density at radius 2 is 1.88 bits per heavy atom. The summed E-state index contributed by atoms with van der Waals surface area (Å²) in [6, 6.07) is 16.0. The van der Waals surface area contributed by atoms with Gasteiger partial charge in [-0.15, -0.1) is 0 Å². The quantitative estimate of drug-likeness (QED) is 0.840. The van der Waals surface area contributed by atoms with Crippen molar-refractivity contribution in [2.75, 3.05) is 27.2 Å². The molecule has 0 saturated carbocycles. The van der Waals surface area contributed by atoms with Crippen LogP contribution in [0.3, 0.4) is 0 Å². The van der Waals surface area contributed by atoms with E-state index in [9.17, 15) is 9.18 Å². The van der Waals surface area contributed by atoms with Crippen LogP contribution < -0.4 is 0 Å².